The van der Waals surface area contributed by atoms with Gasteiger partial charge in [0.2, 0.25) is 0 Å². The standard InChI is InChI=1S/C23H24FN3O2/c1-14-11-17(28)7-10-21(14)25-23-13-22(26-27-23)16-5-3-15(4-6-16)19-12-18(29-2)8-9-20(19)24/h3-12,22-23,25-28H,13H2,1-2H3. The van der Waals surface area contributed by atoms with Gasteiger partial charge in [0.1, 0.15) is 17.3 Å². The Hall–Kier alpha value is -3.09. The molecule has 29 heavy (non-hydrogen) atoms. The Labute approximate surface area is 169 Å². The third-order valence-corrected chi connectivity index (χ3v) is 5.24. The van der Waals surface area contributed by atoms with Crippen LogP contribution in [0, 0.1) is 12.7 Å². The molecule has 0 aromatic heterocycles. The highest BCUT2D eigenvalue weighted by Crippen LogP contribution is 2.30. The first-order chi connectivity index (χ1) is 14.0. The van der Waals surface area contributed by atoms with Crippen molar-refractivity contribution in [2.24, 2.45) is 0 Å². The van der Waals surface area contributed by atoms with E-state index in [1.807, 2.05) is 37.3 Å². The average molecular weight is 393 g/mol. The number of aryl methyl sites for hydroxylation is 1. The summed E-state index contributed by atoms with van der Waals surface area (Å²) in [6, 6.07) is 18.1. The summed E-state index contributed by atoms with van der Waals surface area (Å²) in [6.45, 7) is 1.96. The Morgan fingerprint density at radius 2 is 1.83 bits per heavy atom. The summed E-state index contributed by atoms with van der Waals surface area (Å²) >= 11 is 0. The van der Waals surface area contributed by atoms with Crippen LogP contribution in [0.15, 0.2) is 60.7 Å². The Morgan fingerprint density at radius 1 is 1.03 bits per heavy atom. The molecule has 150 valence electrons. The van der Waals surface area contributed by atoms with Crippen LogP contribution in [0.25, 0.3) is 11.1 Å². The number of hydrogen-bond donors (Lipinski definition) is 4. The van der Waals surface area contributed by atoms with Crippen molar-refractivity contribution in [1.29, 1.82) is 0 Å². The van der Waals surface area contributed by atoms with Crippen LogP contribution in [0.2, 0.25) is 0 Å². The predicted octanol–water partition coefficient (Wildman–Crippen LogP) is 4.49. The molecule has 1 heterocycles. The Balaban J connectivity index is 1.45. The number of methoxy groups -OCH3 is 1. The third kappa shape index (κ3) is 4.18. The molecule has 2 unspecified atom stereocenters. The molecule has 4 rings (SSSR count). The summed E-state index contributed by atoms with van der Waals surface area (Å²) < 4.78 is 19.4. The molecule has 6 heteroatoms. The molecule has 0 spiro atoms. The van der Waals surface area contributed by atoms with Crippen LogP contribution in [0.3, 0.4) is 0 Å². The van der Waals surface area contributed by atoms with Crippen LogP contribution in [0.1, 0.15) is 23.6 Å². The molecular formula is C23H24FN3O2. The van der Waals surface area contributed by atoms with Crippen molar-refractivity contribution in [1.82, 2.24) is 10.9 Å². The van der Waals surface area contributed by atoms with E-state index in [1.165, 1.54) is 6.07 Å². The number of aromatic hydroxyl groups is 1. The maximum atomic E-state index is 14.2. The van der Waals surface area contributed by atoms with Crippen molar-refractivity contribution in [2.75, 3.05) is 12.4 Å². The second-order valence-electron chi connectivity index (χ2n) is 7.24. The van der Waals surface area contributed by atoms with Crippen LogP contribution in [0.4, 0.5) is 10.1 Å². The zero-order chi connectivity index (χ0) is 20.4. The lowest BCUT2D eigenvalue weighted by molar-refractivity contribution is 0.414. The molecule has 1 fully saturated rings. The van der Waals surface area contributed by atoms with Gasteiger partial charge in [-0.2, -0.15) is 0 Å². The van der Waals surface area contributed by atoms with Crippen LogP contribution in [-0.4, -0.2) is 18.4 Å². The van der Waals surface area contributed by atoms with Gasteiger partial charge in [-0.05, 0) is 60.0 Å². The Kier molecular flexibility index (Phi) is 5.38. The van der Waals surface area contributed by atoms with Crippen LogP contribution in [-0.2, 0) is 0 Å². The SMILES string of the molecule is COc1ccc(F)c(-c2ccc(C3CC(Nc4ccc(O)cc4C)NN3)cc2)c1. The van der Waals surface area contributed by atoms with Crippen molar-refractivity contribution in [3.8, 4) is 22.6 Å². The summed E-state index contributed by atoms with van der Waals surface area (Å²) in [5, 5.41) is 13.0. The average Bonchev–Trinajstić information content (AvgIpc) is 3.19. The monoisotopic (exact) mass is 393 g/mol. The van der Waals surface area contributed by atoms with Crippen LogP contribution in [0.5, 0.6) is 11.5 Å². The molecule has 3 aromatic carbocycles. The van der Waals surface area contributed by atoms with Gasteiger partial charge in [0, 0.05) is 23.7 Å². The number of rotatable bonds is 5. The molecular weight excluding hydrogens is 369 g/mol. The van der Waals surface area contributed by atoms with E-state index in [2.05, 4.69) is 16.2 Å². The van der Waals surface area contributed by atoms with Crippen molar-refractivity contribution in [3.05, 3.63) is 77.6 Å². The molecule has 0 bridgehead atoms. The largest absolute Gasteiger partial charge is 0.508 e. The molecule has 2 atom stereocenters. The highest BCUT2D eigenvalue weighted by Gasteiger charge is 2.25. The first-order valence-corrected chi connectivity index (χ1v) is 9.54. The summed E-state index contributed by atoms with van der Waals surface area (Å²) in [5.74, 6) is 0.620. The molecule has 0 amide bonds. The normalized spacial score (nSPS) is 18.6. The van der Waals surface area contributed by atoms with Crippen molar-refractivity contribution >= 4 is 5.69 Å². The van der Waals surface area contributed by atoms with E-state index in [1.54, 1.807) is 31.4 Å². The smallest absolute Gasteiger partial charge is 0.131 e. The van der Waals surface area contributed by atoms with E-state index in [-0.39, 0.29) is 23.8 Å². The number of phenolic OH excluding ortho intramolecular Hbond substituents is 1. The number of ether oxygens (including phenoxy) is 1. The van der Waals surface area contributed by atoms with Crippen molar-refractivity contribution in [2.45, 2.75) is 25.6 Å². The molecule has 5 nitrogen and oxygen atoms in total. The van der Waals surface area contributed by atoms with Gasteiger partial charge in [-0.15, -0.1) is 0 Å². The van der Waals surface area contributed by atoms with Gasteiger partial charge in [-0.25, -0.2) is 15.2 Å². The second-order valence-corrected chi connectivity index (χ2v) is 7.24. The molecule has 1 saturated heterocycles. The fourth-order valence-electron chi connectivity index (χ4n) is 3.61. The first kappa shape index (κ1) is 19.2. The van der Waals surface area contributed by atoms with E-state index in [0.717, 1.165) is 28.8 Å². The highest BCUT2D eigenvalue weighted by atomic mass is 19.1. The Bertz CT molecular complexity index is 1010. The minimum Gasteiger partial charge on any atom is -0.508 e. The van der Waals surface area contributed by atoms with Crippen LogP contribution >= 0.6 is 0 Å². The number of nitrogens with one attached hydrogen (secondary N) is 3. The lowest BCUT2D eigenvalue weighted by Gasteiger charge is -2.16. The minimum absolute atomic E-state index is 0.0544. The number of phenols is 1. The number of benzene rings is 3. The number of hydrazine groups is 1. The topological polar surface area (TPSA) is 65.5 Å². The van der Waals surface area contributed by atoms with Gasteiger partial charge in [-0.3, -0.25) is 0 Å². The first-order valence-electron chi connectivity index (χ1n) is 9.54. The fraction of sp³-hybridized carbons (Fsp3) is 0.217. The highest BCUT2D eigenvalue weighted by molar-refractivity contribution is 5.66. The summed E-state index contributed by atoms with van der Waals surface area (Å²) in [4.78, 5) is 0. The summed E-state index contributed by atoms with van der Waals surface area (Å²) in [5.41, 5.74) is 11.0. The lowest BCUT2D eigenvalue weighted by Crippen LogP contribution is -2.36. The van der Waals surface area contributed by atoms with Crippen molar-refractivity contribution in [3.63, 3.8) is 0 Å². The van der Waals surface area contributed by atoms with Crippen molar-refractivity contribution < 1.29 is 14.2 Å². The molecule has 3 aromatic rings. The quantitative estimate of drug-likeness (QED) is 0.481. The van der Waals surface area contributed by atoms with E-state index < -0.39 is 0 Å². The van der Waals surface area contributed by atoms with Gasteiger partial charge in [0.25, 0.3) is 0 Å². The molecule has 0 saturated carbocycles. The van der Waals surface area contributed by atoms with Gasteiger partial charge >= 0.3 is 0 Å². The van der Waals surface area contributed by atoms with Crippen LogP contribution < -0.4 is 20.9 Å². The predicted molar refractivity (Wildman–Crippen MR) is 112 cm³/mol. The van der Waals surface area contributed by atoms with E-state index in [0.29, 0.717) is 11.3 Å². The molecule has 0 aliphatic carbocycles. The minimum atomic E-state index is -0.271. The van der Waals surface area contributed by atoms with Gasteiger partial charge in [0.05, 0.1) is 13.3 Å². The summed E-state index contributed by atoms with van der Waals surface area (Å²) in [6.07, 6.45) is 0.895. The molecule has 0 radical (unpaired) electrons. The third-order valence-electron chi connectivity index (χ3n) is 5.24. The maximum absolute atomic E-state index is 14.2. The molecule has 1 aliphatic rings. The molecule has 1 aliphatic heterocycles. The van der Waals surface area contributed by atoms with Gasteiger partial charge in [0.15, 0.2) is 0 Å². The zero-order valence-electron chi connectivity index (χ0n) is 16.4. The number of hydrogen-bond acceptors (Lipinski definition) is 5. The van der Waals surface area contributed by atoms with E-state index in [4.69, 9.17) is 4.74 Å². The lowest BCUT2D eigenvalue weighted by atomic mass is 9.99. The number of anilines is 1. The van der Waals surface area contributed by atoms with E-state index >= 15 is 0 Å². The van der Waals surface area contributed by atoms with E-state index in [9.17, 15) is 9.50 Å². The van der Waals surface area contributed by atoms with Gasteiger partial charge in [-0.1, -0.05) is 24.3 Å². The zero-order valence-corrected chi connectivity index (χ0v) is 16.4. The maximum Gasteiger partial charge on any atom is 0.131 e. The molecule has 4 N–H and O–H groups in total. The Morgan fingerprint density at radius 3 is 2.55 bits per heavy atom. The second kappa shape index (κ2) is 8.11. The summed E-state index contributed by atoms with van der Waals surface area (Å²) in [7, 11) is 1.57. The fourth-order valence-corrected chi connectivity index (χ4v) is 3.61. The van der Waals surface area contributed by atoms with Gasteiger partial charge < -0.3 is 15.2 Å². The number of halogens is 1.